The fourth-order valence-corrected chi connectivity index (χ4v) is 6.24. The highest BCUT2D eigenvalue weighted by Crippen LogP contribution is 2.40. The summed E-state index contributed by atoms with van der Waals surface area (Å²) < 4.78 is 23.3. The zero-order valence-corrected chi connectivity index (χ0v) is 23.9. The Hall–Kier alpha value is -4.88. The number of halogens is 1. The van der Waals surface area contributed by atoms with Gasteiger partial charge in [-0.25, -0.2) is 9.18 Å². The number of fused-ring (bicyclic) bond motifs is 1. The van der Waals surface area contributed by atoms with Crippen molar-refractivity contribution in [3.63, 3.8) is 0 Å². The molecule has 0 aliphatic carbocycles. The number of carboxylic acids is 1. The Labute approximate surface area is 248 Å². The van der Waals surface area contributed by atoms with Crippen molar-refractivity contribution in [3.8, 4) is 17.5 Å². The van der Waals surface area contributed by atoms with Crippen LogP contribution < -0.4 is 20.0 Å². The monoisotopic (exact) mass is 581 g/mol. The van der Waals surface area contributed by atoms with E-state index in [1.807, 2.05) is 47.4 Å². The lowest BCUT2D eigenvalue weighted by Crippen LogP contribution is -2.47. The largest absolute Gasteiger partial charge is 0.492 e. The summed E-state index contributed by atoms with van der Waals surface area (Å²) in [6.45, 7) is 4.94. The molecule has 0 spiro atoms. The predicted molar refractivity (Wildman–Crippen MR) is 163 cm³/mol. The average Bonchev–Trinajstić information content (AvgIpc) is 3.54. The lowest BCUT2D eigenvalue weighted by Gasteiger charge is -2.38. The molecule has 2 aliphatic heterocycles. The van der Waals surface area contributed by atoms with E-state index in [1.165, 1.54) is 26.1 Å². The second-order valence-electron chi connectivity index (χ2n) is 10.9. The van der Waals surface area contributed by atoms with Crippen LogP contribution in [0, 0.1) is 17.1 Å². The third kappa shape index (κ3) is 5.28. The molecule has 0 atom stereocenters. The second-order valence-corrected chi connectivity index (χ2v) is 10.9. The van der Waals surface area contributed by atoms with Crippen molar-refractivity contribution >= 4 is 28.2 Å². The number of hydrogen-bond acceptors (Lipinski definition) is 7. The number of pyridine rings is 1. The quantitative estimate of drug-likeness (QED) is 0.337. The van der Waals surface area contributed by atoms with Crippen molar-refractivity contribution in [2.75, 3.05) is 56.2 Å². The molecule has 2 aliphatic rings. The molecule has 0 saturated carbocycles. The summed E-state index contributed by atoms with van der Waals surface area (Å²) in [5.74, 6) is -1.89. The third-order valence-electron chi connectivity index (χ3n) is 8.39. The molecule has 9 nitrogen and oxygen atoms in total. The smallest absolute Gasteiger partial charge is 0.341 e. The first-order chi connectivity index (χ1) is 20.9. The second kappa shape index (κ2) is 11.8. The van der Waals surface area contributed by atoms with Crippen molar-refractivity contribution in [1.82, 2.24) is 9.47 Å². The van der Waals surface area contributed by atoms with Gasteiger partial charge in [0, 0.05) is 44.6 Å². The van der Waals surface area contributed by atoms with E-state index >= 15 is 4.39 Å². The molecule has 43 heavy (non-hydrogen) atoms. The van der Waals surface area contributed by atoms with Gasteiger partial charge in [-0.05, 0) is 61.8 Å². The maximum absolute atomic E-state index is 15.9. The Bertz CT molecular complexity index is 1780. The maximum atomic E-state index is 15.9. The molecule has 0 bridgehead atoms. The standard InChI is InChI=1S/C33H32FN5O4/c1-43-32-29-25(18-27(34)30(32)38-16-14-37(15-17-38)28-7-3-2-6-23(28)19-35)31(40)26(33(41)42)21-39(29)24-10-8-22(9-11-24)20-36-12-4-5-13-36/h2-3,6-11,18,21H,4-5,12-17,20H2,1H3,(H,41,42). The Morgan fingerprint density at radius 1 is 1.00 bits per heavy atom. The van der Waals surface area contributed by atoms with Gasteiger partial charge in [-0.3, -0.25) is 9.69 Å². The van der Waals surface area contributed by atoms with Gasteiger partial charge in [-0.2, -0.15) is 5.26 Å². The fourth-order valence-electron chi connectivity index (χ4n) is 6.24. The number of rotatable bonds is 7. The first-order valence-electron chi connectivity index (χ1n) is 14.4. The molecular weight excluding hydrogens is 549 g/mol. The normalized spacial score (nSPS) is 15.6. The molecule has 0 unspecified atom stereocenters. The maximum Gasteiger partial charge on any atom is 0.341 e. The van der Waals surface area contributed by atoms with Crippen molar-refractivity contribution in [2.24, 2.45) is 0 Å². The summed E-state index contributed by atoms with van der Waals surface area (Å²) >= 11 is 0. The molecule has 2 saturated heterocycles. The zero-order valence-electron chi connectivity index (χ0n) is 23.9. The number of hydrogen-bond donors (Lipinski definition) is 1. The van der Waals surface area contributed by atoms with Crippen LogP contribution in [0.15, 0.2) is 65.6 Å². The summed E-state index contributed by atoms with van der Waals surface area (Å²) in [5, 5.41) is 19.3. The van der Waals surface area contributed by atoms with Gasteiger partial charge in [0.15, 0.2) is 11.6 Å². The number of carboxylic acid groups (broad SMARTS) is 1. The molecular formula is C33H32FN5O4. The Morgan fingerprint density at radius 2 is 1.67 bits per heavy atom. The van der Waals surface area contributed by atoms with Crippen LogP contribution in [0.1, 0.15) is 34.3 Å². The summed E-state index contributed by atoms with van der Waals surface area (Å²) in [6, 6.07) is 18.5. The van der Waals surface area contributed by atoms with E-state index < -0.39 is 22.8 Å². The van der Waals surface area contributed by atoms with Crippen LogP contribution in [0.5, 0.6) is 5.75 Å². The van der Waals surface area contributed by atoms with Crippen LogP contribution >= 0.6 is 0 Å². The summed E-state index contributed by atoms with van der Waals surface area (Å²) in [4.78, 5) is 31.7. The minimum absolute atomic E-state index is 0.0688. The van der Waals surface area contributed by atoms with E-state index in [9.17, 15) is 20.0 Å². The number of para-hydroxylation sites is 1. The number of likely N-dealkylation sites (tertiary alicyclic amines) is 1. The molecule has 0 amide bonds. The molecule has 2 fully saturated rings. The molecule has 3 heterocycles. The number of ether oxygens (including phenoxy) is 1. The van der Waals surface area contributed by atoms with E-state index in [1.54, 1.807) is 10.6 Å². The number of carbonyl (C=O) groups is 1. The molecule has 1 N–H and O–H groups in total. The van der Waals surface area contributed by atoms with Crippen LogP contribution in [0.25, 0.3) is 16.6 Å². The highest BCUT2D eigenvalue weighted by atomic mass is 19.1. The molecule has 220 valence electrons. The summed E-state index contributed by atoms with van der Waals surface area (Å²) in [7, 11) is 1.43. The highest BCUT2D eigenvalue weighted by molar-refractivity contribution is 5.98. The van der Waals surface area contributed by atoms with Gasteiger partial charge in [-0.1, -0.05) is 24.3 Å². The number of nitrogens with zero attached hydrogens (tertiary/aromatic N) is 5. The molecule has 3 aromatic carbocycles. The topological polar surface area (TPSA) is 102 Å². The van der Waals surface area contributed by atoms with Crippen LogP contribution in [-0.2, 0) is 6.54 Å². The van der Waals surface area contributed by atoms with Gasteiger partial charge in [0.05, 0.1) is 23.7 Å². The van der Waals surface area contributed by atoms with Crippen molar-refractivity contribution in [3.05, 3.63) is 93.5 Å². The SMILES string of the molecule is COc1c(N2CCN(c3ccccc3C#N)CC2)c(F)cc2c(=O)c(C(=O)O)cn(-c3ccc(CN4CCCC4)cc3)c12. The van der Waals surface area contributed by atoms with Crippen LogP contribution in [0.3, 0.4) is 0 Å². The first kappa shape index (κ1) is 28.2. The van der Waals surface area contributed by atoms with Crippen molar-refractivity contribution in [1.29, 1.82) is 5.26 Å². The van der Waals surface area contributed by atoms with Gasteiger partial charge in [0.25, 0.3) is 0 Å². The van der Waals surface area contributed by atoms with E-state index in [0.29, 0.717) is 42.9 Å². The number of piperazine rings is 1. The highest BCUT2D eigenvalue weighted by Gasteiger charge is 2.28. The minimum atomic E-state index is -1.39. The van der Waals surface area contributed by atoms with E-state index in [4.69, 9.17) is 4.74 Å². The van der Waals surface area contributed by atoms with Gasteiger partial charge in [0.1, 0.15) is 22.8 Å². The van der Waals surface area contributed by atoms with E-state index in [0.717, 1.165) is 37.0 Å². The molecule has 6 rings (SSSR count). The fraction of sp³-hybridized carbons (Fsp3) is 0.303. The predicted octanol–water partition coefficient (Wildman–Crippen LogP) is 4.63. The van der Waals surface area contributed by atoms with E-state index in [-0.39, 0.29) is 16.8 Å². The number of aromatic nitrogens is 1. The minimum Gasteiger partial charge on any atom is -0.492 e. The van der Waals surface area contributed by atoms with Gasteiger partial charge in [0.2, 0.25) is 5.43 Å². The third-order valence-corrected chi connectivity index (χ3v) is 8.39. The Kier molecular flexibility index (Phi) is 7.74. The number of benzene rings is 3. The van der Waals surface area contributed by atoms with Crippen LogP contribution in [0.4, 0.5) is 15.8 Å². The van der Waals surface area contributed by atoms with Crippen molar-refractivity contribution < 1.29 is 19.0 Å². The van der Waals surface area contributed by atoms with Gasteiger partial charge in [-0.15, -0.1) is 0 Å². The first-order valence-corrected chi connectivity index (χ1v) is 14.4. The Morgan fingerprint density at radius 3 is 2.33 bits per heavy atom. The molecule has 4 aromatic rings. The van der Waals surface area contributed by atoms with Crippen molar-refractivity contribution in [2.45, 2.75) is 19.4 Å². The zero-order chi connectivity index (χ0) is 30.1. The lowest BCUT2D eigenvalue weighted by atomic mass is 10.1. The van der Waals surface area contributed by atoms with E-state index in [2.05, 4.69) is 15.9 Å². The molecule has 1 aromatic heterocycles. The summed E-state index contributed by atoms with van der Waals surface area (Å²) in [5.41, 5.74) is 2.46. The summed E-state index contributed by atoms with van der Waals surface area (Å²) in [6.07, 6.45) is 3.68. The molecule has 0 radical (unpaired) electrons. The van der Waals surface area contributed by atoms with Crippen LogP contribution in [0.2, 0.25) is 0 Å². The number of anilines is 2. The number of aromatic carboxylic acids is 1. The van der Waals surface area contributed by atoms with Crippen LogP contribution in [-0.4, -0.2) is 66.9 Å². The number of methoxy groups -OCH3 is 1. The van der Waals surface area contributed by atoms with Gasteiger partial charge < -0.3 is 24.2 Å². The number of nitriles is 1. The average molecular weight is 582 g/mol. The molecule has 10 heteroatoms. The Balaban J connectivity index is 1.42. The van der Waals surface area contributed by atoms with Gasteiger partial charge >= 0.3 is 5.97 Å². The lowest BCUT2D eigenvalue weighted by molar-refractivity contribution is 0.0695.